The first-order chi connectivity index (χ1) is 7.90. The van der Waals surface area contributed by atoms with Crippen molar-refractivity contribution in [3.05, 3.63) is 18.2 Å². The summed E-state index contributed by atoms with van der Waals surface area (Å²) in [5, 5.41) is 19.4. The molecule has 1 saturated heterocycles. The van der Waals surface area contributed by atoms with Gasteiger partial charge in [0.05, 0.1) is 35.8 Å². The van der Waals surface area contributed by atoms with Gasteiger partial charge in [0, 0.05) is 7.05 Å². The second-order valence-electron chi connectivity index (χ2n) is 4.44. The second-order valence-corrected chi connectivity index (χ2v) is 6.63. The zero-order valence-corrected chi connectivity index (χ0v) is 10.2. The molecule has 2 unspecified atom stereocenters. The molecular weight excluding hydrogens is 242 g/mol. The summed E-state index contributed by atoms with van der Waals surface area (Å²) < 4.78 is 24.6. The summed E-state index contributed by atoms with van der Waals surface area (Å²) in [4.78, 5) is 3.86. The van der Waals surface area contributed by atoms with Gasteiger partial charge >= 0.3 is 0 Å². The number of aliphatic hydroxyl groups is 1. The normalized spacial score (nSPS) is 28.8. The van der Waals surface area contributed by atoms with E-state index in [1.54, 1.807) is 11.6 Å². The zero-order valence-electron chi connectivity index (χ0n) is 9.37. The van der Waals surface area contributed by atoms with Crippen molar-refractivity contribution in [3.63, 3.8) is 0 Å². The van der Waals surface area contributed by atoms with Crippen LogP contribution in [-0.2, 0) is 16.9 Å². The third-order valence-electron chi connectivity index (χ3n) is 3.22. The predicted molar refractivity (Wildman–Crippen MR) is 59.5 cm³/mol. The van der Waals surface area contributed by atoms with Crippen LogP contribution in [0.1, 0.15) is 18.2 Å². The highest BCUT2D eigenvalue weighted by atomic mass is 32.2. The summed E-state index contributed by atoms with van der Waals surface area (Å²) in [6.07, 6.45) is 2.00. The van der Waals surface area contributed by atoms with Gasteiger partial charge in [0.15, 0.2) is 9.84 Å². The van der Waals surface area contributed by atoms with Gasteiger partial charge in [-0.25, -0.2) is 13.4 Å². The Hall–Kier alpha value is -1.39. The Bertz CT molecular complexity index is 572. The van der Waals surface area contributed by atoms with Crippen molar-refractivity contribution in [1.29, 1.82) is 5.26 Å². The van der Waals surface area contributed by atoms with Gasteiger partial charge in [-0.2, -0.15) is 5.26 Å². The second kappa shape index (κ2) is 3.82. The van der Waals surface area contributed by atoms with E-state index in [9.17, 15) is 18.8 Å². The minimum atomic E-state index is -3.23. The fourth-order valence-electron chi connectivity index (χ4n) is 2.15. The number of aromatic nitrogens is 2. The number of hydrogen-bond acceptors (Lipinski definition) is 5. The van der Waals surface area contributed by atoms with E-state index in [2.05, 4.69) is 4.98 Å². The van der Waals surface area contributed by atoms with E-state index in [1.807, 2.05) is 6.07 Å². The number of sulfone groups is 1. The van der Waals surface area contributed by atoms with E-state index in [-0.39, 0.29) is 17.9 Å². The lowest BCUT2D eigenvalue weighted by atomic mass is 9.82. The summed E-state index contributed by atoms with van der Waals surface area (Å²) in [6.45, 7) is 0. The number of rotatable bonds is 2. The Labute approximate surface area is 99.4 Å². The van der Waals surface area contributed by atoms with E-state index in [1.165, 1.54) is 12.5 Å². The highest BCUT2D eigenvalue weighted by molar-refractivity contribution is 7.91. The van der Waals surface area contributed by atoms with Crippen LogP contribution in [0.2, 0.25) is 0 Å². The van der Waals surface area contributed by atoms with E-state index in [4.69, 9.17) is 0 Å². The van der Waals surface area contributed by atoms with Crippen LogP contribution in [-0.4, -0.2) is 34.6 Å². The minimum absolute atomic E-state index is 0.0462. The molecule has 0 bridgehead atoms. The van der Waals surface area contributed by atoms with Crippen molar-refractivity contribution in [2.75, 3.05) is 11.5 Å². The number of hydrogen-bond donors (Lipinski definition) is 1. The van der Waals surface area contributed by atoms with Crippen LogP contribution in [0.3, 0.4) is 0 Å². The molecule has 0 aromatic carbocycles. The number of aryl methyl sites for hydroxylation is 1. The fraction of sp³-hybridized carbons (Fsp3) is 0.600. The van der Waals surface area contributed by atoms with Gasteiger partial charge in [0.2, 0.25) is 0 Å². The van der Waals surface area contributed by atoms with Crippen LogP contribution < -0.4 is 0 Å². The smallest absolute Gasteiger partial charge is 0.152 e. The van der Waals surface area contributed by atoms with Crippen molar-refractivity contribution in [2.45, 2.75) is 12.5 Å². The largest absolute Gasteiger partial charge is 0.385 e. The van der Waals surface area contributed by atoms with E-state index in [0.29, 0.717) is 5.69 Å². The van der Waals surface area contributed by atoms with Gasteiger partial charge in [-0.1, -0.05) is 0 Å². The number of imidazole rings is 1. The van der Waals surface area contributed by atoms with Crippen molar-refractivity contribution in [2.24, 2.45) is 12.5 Å². The molecule has 6 nitrogen and oxygen atoms in total. The molecule has 1 fully saturated rings. The maximum atomic E-state index is 11.5. The van der Waals surface area contributed by atoms with Gasteiger partial charge in [0.25, 0.3) is 0 Å². The summed E-state index contributed by atoms with van der Waals surface area (Å²) in [7, 11) is -1.53. The molecule has 0 saturated carbocycles. The molecular formula is C10H13N3O3S. The zero-order chi connectivity index (χ0) is 12.7. The molecule has 92 valence electrons. The van der Waals surface area contributed by atoms with Crippen molar-refractivity contribution in [3.8, 4) is 6.07 Å². The van der Waals surface area contributed by atoms with Gasteiger partial charge < -0.3 is 9.67 Å². The number of aliphatic hydroxyl groups excluding tert-OH is 1. The van der Waals surface area contributed by atoms with Crippen molar-refractivity contribution < 1.29 is 13.5 Å². The Morgan fingerprint density at radius 1 is 1.71 bits per heavy atom. The summed E-state index contributed by atoms with van der Waals surface area (Å²) in [5.41, 5.74) is -0.782. The molecule has 1 aliphatic rings. The maximum absolute atomic E-state index is 11.5. The molecule has 2 rings (SSSR count). The number of nitriles is 1. The summed E-state index contributed by atoms with van der Waals surface area (Å²) in [5.74, 6) is -0.335. The first-order valence-corrected chi connectivity index (χ1v) is 6.98. The molecule has 0 aliphatic carbocycles. The first-order valence-electron chi connectivity index (χ1n) is 5.16. The monoisotopic (exact) mass is 255 g/mol. The third kappa shape index (κ3) is 1.94. The molecule has 0 radical (unpaired) electrons. The molecule has 7 heteroatoms. The quantitative estimate of drug-likeness (QED) is 0.788. The molecule has 2 atom stereocenters. The van der Waals surface area contributed by atoms with Crippen LogP contribution in [0.4, 0.5) is 0 Å². The van der Waals surface area contributed by atoms with Gasteiger partial charge in [-0.05, 0) is 6.42 Å². The Morgan fingerprint density at radius 2 is 2.41 bits per heavy atom. The molecule has 1 aliphatic heterocycles. The van der Waals surface area contributed by atoms with Gasteiger partial charge in [0.1, 0.15) is 11.5 Å². The van der Waals surface area contributed by atoms with Crippen molar-refractivity contribution in [1.82, 2.24) is 9.55 Å². The van der Waals surface area contributed by atoms with Gasteiger partial charge in [-0.15, -0.1) is 0 Å². The number of nitrogens with zero attached hydrogens (tertiary/aromatic N) is 3. The third-order valence-corrected chi connectivity index (χ3v) is 5.00. The Morgan fingerprint density at radius 3 is 2.82 bits per heavy atom. The highest BCUT2D eigenvalue weighted by Gasteiger charge is 2.49. The molecule has 2 heterocycles. The lowest BCUT2D eigenvalue weighted by molar-refractivity contribution is 0.0728. The molecule has 0 amide bonds. The Kier molecular flexibility index (Phi) is 2.72. The topological polar surface area (TPSA) is 96.0 Å². The van der Waals surface area contributed by atoms with Crippen LogP contribution in [0.25, 0.3) is 0 Å². The lowest BCUT2D eigenvalue weighted by Gasteiger charge is -2.25. The molecule has 1 N–H and O–H groups in total. The average Bonchev–Trinajstić information content (AvgIpc) is 2.82. The molecule has 17 heavy (non-hydrogen) atoms. The molecule has 0 spiro atoms. The summed E-state index contributed by atoms with van der Waals surface area (Å²) >= 11 is 0. The SMILES string of the molecule is Cn1cncc1C(O)C1(C#N)CCS(=O)(=O)C1. The standard InChI is InChI=1S/C10H13N3O3S/c1-13-7-12-4-8(13)9(14)10(5-11)2-3-17(15,16)6-10/h4,7,9,14H,2-3,6H2,1H3. The first kappa shape index (κ1) is 12.1. The summed E-state index contributed by atoms with van der Waals surface area (Å²) in [6, 6.07) is 1.98. The van der Waals surface area contributed by atoms with E-state index < -0.39 is 21.4 Å². The minimum Gasteiger partial charge on any atom is -0.385 e. The Balaban J connectivity index is 2.39. The van der Waals surface area contributed by atoms with Crippen LogP contribution in [0.15, 0.2) is 12.5 Å². The average molecular weight is 255 g/mol. The van der Waals surface area contributed by atoms with Crippen LogP contribution in [0.5, 0.6) is 0 Å². The predicted octanol–water partition coefficient (Wildman–Crippen LogP) is -0.218. The van der Waals surface area contributed by atoms with Crippen LogP contribution in [0, 0.1) is 16.7 Å². The fourth-order valence-corrected chi connectivity index (χ4v) is 4.12. The van der Waals surface area contributed by atoms with E-state index >= 15 is 0 Å². The van der Waals surface area contributed by atoms with Crippen LogP contribution >= 0.6 is 0 Å². The van der Waals surface area contributed by atoms with Gasteiger partial charge in [-0.3, -0.25) is 0 Å². The maximum Gasteiger partial charge on any atom is 0.152 e. The lowest BCUT2D eigenvalue weighted by Crippen LogP contribution is -2.30. The molecule has 1 aromatic rings. The van der Waals surface area contributed by atoms with Crippen molar-refractivity contribution >= 4 is 9.84 Å². The van der Waals surface area contributed by atoms with E-state index in [0.717, 1.165) is 0 Å². The highest BCUT2D eigenvalue weighted by Crippen LogP contribution is 2.42. The molecule has 1 aromatic heterocycles.